The van der Waals surface area contributed by atoms with Crippen molar-refractivity contribution in [3.05, 3.63) is 34.5 Å². The van der Waals surface area contributed by atoms with Crippen LogP contribution >= 0.6 is 7.60 Å². The molecule has 1 aromatic rings. The third-order valence-electron chi connectivity index (χ3n) is 1.68. The first-order chi connectivity index (χ1) is 7.70. The zero-order valence-electron chi connectivity index (χ0n) is 10.5. The van der Waals surface area contributed by atoms with Crippen LogP contribution in [0.1, 0.15) is 13.8 Å². The van der Waals surface area contributed by atoms with Crippen molar-refractivity contribution in [3.8, 4) is 0 Å². The molecule has 0 atom stereocenters. The SMILES string of the molecule is CCOP(=O)([CH-][Te]c1ccccc1)OCC.[Na+]. The average molecular weight is 378 g/mol. The van der Waals surface area contributed by atoms with Gasteiger partial charge in [0.2, 0.25) is 0 Å². The van der Waals surface area contributed by atoms with Crippen LogP contribution in [0.3, 0.4) is 0 Å². The molecular weight excluding hydrogens is 362 g/mol. The van der Waals surface area contributed by atoms with Crippen LogP contribution in [-0.2, 0) is 13.6 Å². The minimum atomic E-state index is -2.95. The molecule has 0 amide bonds. The maximum atomic E-state index is 12.1. The van der Waals surface area contributed by atoms with Crippen molar-refractivity contribution in [2.75, 3.05) is 13.2 Å². The van der Waals surface area contributed by atoms with Crippen LogP contribution in [-0.4, -0.2) is 34.1 Å². The van der Waals surface area contributed by atoms with Gasteiger partial charge in [-0.3, -0.25) is 0 Å². The van der Waals surface area contributed by atoms with Crippen LogP contribution in [0.15, 0.2) is 30.3 Å². The maximum absolute atomic E-state index is 12.1. The van der Waals surface area contributed by atoms with E-state index in [2.05, 4.69) is 0 Å². The number of benzene rings is 1. The van der Waals surface area contributed by atoms with E-state index in [1.54, 1.807) is 4.21 Å². The first kappa shape index (κ1) is 18.2. The molecule has 1 rings (SSSR count). The summed E-state index contributed by atoms with van der Waals surface area (Å²) in [5.74, 6) is 0. The summed E-state index contributed by atoms with van der Waals surface area (Å²) in [7, 11) is -2.95. The van der Waals surface area contributed by atoms with Crippen molar-refractivity contribution in [1.82, 2.24) is 0 Å². The van der Waals surface area contributed by atoms with Gasteiger partial charge in [-0.25, -0.2) is 0 Å². The predicted octanol–water partition coefficient (Wildman–Crippen LogP) is -0.595. The number of rotatable bonds is 7. The normalized spacial score (nSPS) is 10.9. The van der Waals surface area contributed by atoms with Crippen molar-refractivity contribution >= 4 is 32.1 Å². The second-order valence-electron chi connectivity index (χ2n) is 2.91. The van der Waals surface area contributed by atoms with Gasteiger partial charge in [0, 0.05) is 0 Å². The first-order valence-electron chi connectivity index (χ1n) is 5.15. The molecule has 0 N–H and O–H groups in total. The van der Waals surface area contributed by atoms with E-state index < -0.39 is 28.5 Å². The van der Waals surface area contributed by atoms with Crippen LogP contribution in [0.2, 0.25) is 0 Å². The molecule has 0 saturated heterocycles. The third-order valence-corrected chi connectivity index (χ3v) is 7.95. The Morgan fingerprint density at radius 3 is 2.18 bits per heavy atom. The molecule has 0 aliphatic carbocycles. The molecule has 90 valence electrons. The Hall–Kier alpha value is 1.16. The minimum Gasteiger partial charge on any atom is 1.00 e. The topological polar surface area (TPSA) is 35.5 Å². The molecule has 0 fully saturated rings. The van der Waals surface area contributed by atoms with Gasteiger partial charge in [0.15, 0.2) is 0 Å². The fourth-order valence-electron chi connectivity index (χ4n) is 1.08. The van der Waals surface area contributed by atoms with E-state index in [1.807, 2.05) is 44.2 Å². The van der Waals surface area contributed by atoms with Crippen LogP contribution in [0.25, 0.3) is 0 Å². The molecule has 0 radical (unpaired) electrons. The molecule has 0 saturated carbocycles. The third kappa shape index (κ3) is 7.35. The summed E-state index contributed by atoms with van der Waals surface area (Å²) in [4.78, 5) is 0. The molecule has 0 spiro atoms. The summed E-state index contributed by atoms with van der Waals surface area (Å²) < 4.78 is 25.5. The van der Waals surface area contributed by atoms with Gasteiger partial charge in [-0.15, -0.1) is 0 Å². The van der Waals surface area contributed by atoms with Gasteiger partial charge in [-0.05, 0) is 0 Å². The maximum Gasteiger partial charge on any atom is 1.00 e. The molecule has 0 aliphatic heterocycles. The van der Waals surface area contributed by atoms with Gasteiger partial charge in [0.1, 0.15) is 0 Å². The summed E-state index contributed by atoms with van der Waals surface area (Å²) >= 11 is -0.612. The summed E-state index contributed by atoms with van der Waals surface area (Å²) in [5, 5.41) is 0. The molecule has 3 nitrogen and oxygen atoms in total. The molecule has 0 bridgehead atoms. The van der Waals surface area contributed by atoms with Crippen molar-refractivity contribution < 1.29 is 43.2 Å². The Morgan fingerprint density at radius 1 is 1.18 bits per heavy atom. The van der Waals surface area contributed by atoms with E-state index in [-0.39, 0.29) is 29.6 Å². The molecule has 0 heterocycles. The van der Waals surface area contributed by atoms with Gasteiger partial charge in [0.25, 0.3) is 0 Å². The van der Waals surface area contributed by atoms with Gasteiger partial charge in [-0.2, -0.15) is 0 Å². The molecule has 1 aromatic carbocycles. The predicted molar refractivity (Wildman–Crippen MR) is 67.0 cm³/mol. The Labute approximate surface area is 136 Å². The van der Waals surface area contributed by atoms with Gasteiger partial charge in [-0.1, -0.05) is 0 Å². The summed E-state index contributed by atoms with van der Waals surface area (Å²) in [6.45, 7) is 4.47. The zero-order valence-corrected chi connectivity index (χ0v) is 15.7. The van der Waals surface area contributed by atoms with E-state index in [9.17, 15) is 4.57 Å². The van der Waals surface area contributed by atoms with Gasteiger partial charge < -0.3 is 0 Å². The molecule has 17 heavy (non-hydrogen) atoms. The second-order valence-corrected chi connectivity index (χ2v) is 8.54. The van der Waals surface area contributed by atoms with Gasteiger partial charge in [0.05, 0.1) is 0 Å². The van der Waals surface area contributed by atoms with Crippen molar-refractivity contribution in [1.29, 1.82) is 0 Å². The Kier molecular flexibility index (Phi) is 10.7. The molecule has 0 aromatic heterocycles. The molecule has 6 heteroatoms. The monoisotopic (exact) mass is 380 g/mol. The largest absolute Gasteiger partial charge is 1.00 e. The quantitative estimate of drug-likeness (QED) is 0.362. The van der Waals surface area contributed by atoms with Crippen LogP contribution < -0.4 is 33.2 Å². The second kappa shape index (κ2) is 10.0. The Morgan fingerprint density at radius 2 is 1.71 bits per heavy atom. The smallest absolute Gasteiger partial charge is 1.00 e. The first-order valence-corrected chi connectivity index (χ1v) is 9.27. The number of hydrogen-bond acceptors (Lipinski definition) is 3. The van der Waals surface area contributed by atoms with Gasteiger partial charge >= 0.3 is 137 Å². The van der Waals surface area contributed by atoms with Crippen molar-refractivity contribution in [3.63, 3.8) is 0 Å². The standard InChI is InChI=1S/C11H16O3PTe.Na/c1-3-13-15(12,14-4-2)10-16-11-8-6-5-7-9-11;/h5-10H,3-4H2,1-2H3;/q-1;+1. The Balaban J connectivity index is 0.00000256. The van der Waals surface area contributed by atoms with E-state index in [1.165, 1.54) is 3.61 Å². The summed E-state index contributed by atoms with van der Waals surface area (Å²) in [5.41, 5.74) is 0. The average Bonchev–Trinajstić information content (AvgIpc) is 2.29. The van der Waals surface area contributed by atoms with E-state index >= 15 is 0 Å². The molecule has 0 aliphatic rings. The van der Waals surface area contributed by atoms with E-state index in [0.29, 0.717) is 13.2 Å². The molecular formula is C11H16NaO3PTe. The van der Waals surface area contributed by atoms with Crippen molar-refractivity contribution in [2.45, 2.75) is 13.8 Å². The van der Waals surface area contributed by atoms with Crippen LogP contribution in [0.5, 0.6) is 0 Å². The number of hydrogen-bond donors (Lipinski definition) is 0. The molecule has 0 unspecified atom stereocenters. The fourth-order valence-corrected chi connectivity index (χ4v) is 6.34. The summed E-state index contributed by atoms with van der Waals surface area (Å²) in [6.07, 6.45) is 0. The summed E-state index contributed by atoms with van der Waals surface area (Å²) in [6, 6.07) is 10.0. The minimum absolute atomic E-state index is 0. The van der Waals surface area contributed by atoms with Crippen molar-refractivity contribution in [2.24, 2.45) is 0 Å². The van der Waals surface area contributed by atoms with Crippen LogP contribution in [0.4, 0.5) is 0 Å². The zero-order chi connectivity index (χ0) is 11.9. The van der Waals surface area contributed by atoms with E-state index in [4.69, 9.17) is 9.05 Å². The fraction of sp³-hybridized carbons (Fsp3) is 0.364. The Bertz CT molecular complexity index is 338. The van der Waals surface area contributed by atoms with E-state index in [0.717, 1.165) is 0 Å². The van der Waals surface area contributed by atoms with Crippen LogP contribution in [0, 0.1) is 4.21 Å².